The van der Waals surface area contributed by atoms with Crippen LogP contribution in [0, 0.1) is 0 Å². The molecule has 1 heterocycles. The number of rotatable bonds is 2. The highest BCUT2D eigenvalue weighted by atomic mass is 16.5. The van der Waals surface area contributed by atoms with E-state index in [2.05, 4.69) is 24.1 Å². The van der Waals surface area contributed by atoms with E-state index in [1.54, 1.807) is 7.11 Å². The van der Waals surface area contributed by atoms with Gasteiger partial charge in [0.2, 0.25) is 5.91 Å². The van der Waals surface area contributed by atoms with Crippen molar-refractivity contribution in [1.82, 2.24) is 5.32 Å². The maximum absolute atomic E-state index is 11.5. The van der Waals surface area contributed by atoms with Crippen molar-refractivity contribution in [3.05, 3.63) is 24.3 Å². The van der Waals surface area contributed by atoms with Crippen molar-refractivity contribution in [3.63, 3.8) is 0 Å². The van der Waals surface area contributed by atoms with Crippen LogP contribution in [0.25, 0.3) is 0 Å². The molecule has 1 aromatic rings. The van der Waals surface area contributed by atoms with Gasteiger partial charge in [0.1, 0.15) is 5.75 Å². The Hall–Kier alpha value is -1.71. The quantitative estimate of drug-likeness (QED) is 0.841. The highest BCUT2D eigenvalue weighted by Gasteiger charge is 2.33. The molecule has 0 unspecified atom stereocenters. The SMILES string of the molecule is COc1ccc(N2CC(=O)NCC2(C)C)cc1. The number of methoxy groups -OCH3 is 1. The summed E-state index contributed by atoms with van der Waals surface area (Å²) in [5.74, 6) is 0.896. The lowest BCUT2D eigenvalue weighted by Crippen LogP contribution is -2.60. The predicted octanol–water partition coefficient (Wildman–Crippen LogP) is 1.41. The van der Waals surface area contributed by atoms with Gasteiger partial charge in [0, 0.05) is 12.2 Å². The van der Waals surface area contributed by atoms with E-state index in [0.717, 1.165) is 11.4 Å². The van der Waals surface area contributed by atoms with Crippen LogP contribution in [0.1, 0.15) is 13.8 Å². The van der Waals surface area contributed by atoms with Crippen molar-refractivity contribution in [3.8, 4) is 5.75 Å². The van der Waals surface area contributed by atoms with Gasteiger partial charge in [-0.15, -0.1) is 0 Å². The number of hydrogen-bond donors (Lipinski definition) is 1. The minimum absolute atomic E-state index is 0.0670. The summed E-state index contributed by atoms with van der Waals surface area (Å²) in [6.07, 6.45) is 0. The molecule has 1 aromatic carbocycles. The van der Waals surface area contributed by atoms with Crippen LogP contribution in [-0.2, 0) is 4.79 Å². The van der Waals surface area contributed by atoms with Gasteiger partial charge in [0.25, 0.3) is 0 Å². The molecular formula is C13H18N2O2. The number of hydrogen-bond acceptors (Lipinski definition) is 3. The molecule has 0 saturated carbocycles. The number of anilines is 1. The zero-order chi connectivity index (χ0) is 12.5. The maximum atomic E-state index is 11.5. The standard InChI is InChI=1S/C13H18N2O2/c1-13(2)9-14-12(16)8-15(13)10-4-6-11(17-3)7-5-10/h4-7H,8-9H2,1-3H3,(H,14,16). The number of piperazine rings is 1. The summed E-state index contributed by atoms with van der Waals surface area (Å²) >= 11 is 0. The van der Waals surface area contributed by atoms with E-state index in [0.29, 0.717) is 13.1 Å². The summed E-state index contributed by atoms with van der Waals surface area (Å²) in [5, 5.41) is 2.89. The molecule has 4 heteroatoms. The average Bonchev–Trinajstić information content (AvgIpc) is 2.33. The first kappa shape index (κ1) is 11.8. The maximum Gasteiger partial charge on any atom is 0.239 e. The van der Waals surface area contributed by atoms with Crippen molar-refractivity contribution in [2.45, 2.75) is 19.4 Å². The summed E-state index contributed by atoms with van der Waals surface area (Å²) in [6, 6.07) is 7.80. The number of nitrogens with one attached hydrogen (secondary N) is 1. The molecule has 17 heavy (non-hydrogen) atoms. The summed E-state index contributed by atoms with van der Waals surface area (Å²) in [6.45, 7) is 5.31. The van der Waals surface area contributed by atoms with Crippen LogP contribution < -0.4 is 15.0 Å². The van der Waals surface area contributed by atoms with Crippen molar-refractivity contribution in [2.75, 3.05) is 25.1 Å². The zero-order valence-corrected chi connectivity index (χ0v) is 10.5. The fourth-order valence-corrected chi connectivity index (χ4v) is 2.03. The van der Waals surface area contributed by atoms with E-state index < -0.39 is 0 Å². The molecule has 1 fully saturated rings. The fraction of sp³-hybridized carbons (Fsp3) is 0.462. The zero-order valence-electron chi connectivity index (χ0n) is 10.5. The molecule has 0 atom stereocenters. The lowest BCUT2D eigenvalue weighted by Gasteiger charge is -2.43. The highest BCUT2D eigenvalue weighted by Crippen LogP contribution is 2.27. The first-order chi connectivity index (χ1) is 8.03. The van der Waals surface area contributed by atoms with Gasteiger partial charge in [-0.2, -0.15) is 0 Å². The van der Waals surface area contributed by atoms with Gasteiger partial charge in [-0.1, -0.05) is 0 Å². The van der Waals surface area contributed by atoms with Crippen LogP contribution in [0.15, 0.2) is 24.3 Å². The lowest BCUT2D eigenvalue weighted by molar-refractivity contribution is -0.121. The van der Waals surface area contributed by atoms with Crippen molar-refractivity contribution in [1.29, 1.82) is 0 Å². The molecule has 1 saturated heterocycles. The number of amides is 1. The van der Waals surface area contributed by atoms with E-state index in [9.17, 15) is 4.79 Å². The monoisotopic (exact) mass is 234 g/mol. The summed E-state index contributed by atoms with van der Waals surface area (Å²) in [7, 11) is 1.65. The second-order valence-corrected chi connectivity index (χ2v) is 4.87. The van der Waals surface area contributed by atoms with Crippen LogP contribution in [0.2, 0.25) is 0 Å². The molecule has 1 aliphatic heterocycles. The lowest BCUT2D eigenvalue weighted by atomic mass is 9.99. The van der Waals surface area contributed by atoms with Gasteiger partial charge in [-0.05, 0) is 38.1 Å². The number of carbonyl (C=O) groups excluding carboxylic acids is 1. The van der Waals surface area contributed by atoms with Gasteiger partial charge >= 0.3 is 0 Å². The highest BCUT2D eigenvalue weighted by molar-refractivity contribution is 5.83. The Morgan fingerprint density at radius 1 is 1.29 bits per heavy atom. The molecule has 1 amide bonds. The van der Waals surface area contributed by atoms with Gasteiger partial charge in [-0.25, -0.2) is 0 Å². The van der Waals surface area contributed by atoms with Crippen molar-refractivity contribution < 1.29 is 9.53 Å². The third kappa shape index (κ3) is 2.35. The molecule has 0 radical (unpaired) electrons. The Kier molecular flexibility index (Phi) is 2.96. The predicted molar refractivity (Wildman–Crippen MR) is 67.4 cm³/mol. The molecule has 0 spiro atoms. The average molecular weight is 234 g/mol. The van der Waals surface area contributed by atoms with E-state index in [-0.39, 0.29) is 11.4 Å². The van der Waals surface area contributed by atoms with Gasteiger partial charge in [-0.3, -0.25) is 4.79 Å². The molecule has 0 aromatic heterocycles. The van der Waals surface area contributed by atoms with Crippen molar-refractivity contribution >= 4 is 11.6 Å². The third-order valence-electron chi connectivity index (χ3n) is 3.13. The van der Waals surface area contributed by atoms with E-state index >= 15 is 0 Å². The minimum atomic E-state index is -0.0670. The first-order valence-electron chi connectivity index (χ1n) is 5.71. The van der Waals surface area contributed by atoms with Crippen LogP contribution >= 0.6 is 0 Å². The van der Waals surface area contributed by atoms with E-state index in [1.165, 1.54) is 0 Å². The van der Waals surface area contributed by atoms with Crippen LogP contribution in [0.3, 0.4) is 0 Å². The van der Waals surface area contributed by atoms with Crippen LogP contribution in [0.4, 0.5) is 5.69 Å². The summed E-state index contributed by atoms with van der Waals surface area (Å²) in [4.78, 5) is 13.6. The molecule has 2 rings (SSSR count). The Morgan fingerprint density at radius 3 is 2.53 bits per heavy atom. The Labute approximate surface area is 102 Å². The Balaban J connectivity index is 2.26. The van der Waals surface area contributed by atoms with E-state index in [4.69, 9.17) is 4.74 Å². The topological polar surface area (TPSA) is 41.6 Å². The Bertz CT molecular complexity index is 412. The van der Waals surface area contributed by atoms with Gasteiger partial charge in [0.05, 0.1) is 19.2 Å². The van der Waals surface area contributed by atoms with Gasteiger partial charge in [0.15, 0.2) is 0 Å². The van der Waals surface area contributed by atoms with Gasteiger partial charge < -0.3 is 15.0 Å². The largest absolute Gasteiger partial charge is 0.497 e. The minimum Gasteiger partial charge on any atom is -0.497 e. The molecular weight excluding hydrogens is 216 g/mol. The third-order valence-corrected chi connectivity index (χ3v) is 3.13. The van der Waals surface area contributed by atoms with Crippen LogP contribution in [-0.4, -0.2) is 31.6 Å². The summed E-state index contributed by atoms with van der Waals surface area (Å²) in [5.41, 5.74) is 0.980. The number of nitrogens with zero attached hydrogens (tertiary/aromatic N) is 1. The molecule has 4 nitrogen and oxygen atoms in total. The molecule has 92 valence electrons. The molecule has 0 aliphatic carbocycles. The van der Waals surface area contributed by atoms with E-state index in [1.807, 2.05) is 24.3 Å². The number of ether oxygens (including phenoxy) is 1. The smallest absolute Gasteiger partial charge is 0.239 e. The fourth-order valence-electron chi connectivity index (χ4n) is 2.03. The van der Waals surface area contributed by atoms with Crippen LogP contribution in [0.5, 0.6) is 5.75 Å². The second-order valence-electron chi connectivity index (χ2n) is 4.87. The Morgan fingerprint density at radius 2 is 1.94 bits per heavy atom. The first-order valence-corrected chi connectivity index (χ1v) is 5.71. The number of carbonyl (C=O) groups is 1. The summed E-state index contributed by atoms with van der Waals surface area (Å²) < 4.78 is 5.13. The number of benzene rings is 1. The molecule has 0 bridgehead atoms. The molecule has 1 aliphatic rings. The second kappa shape index (κ2) is 4.28. The molecule has 1 N–H and O–H groups in total. The van der Waals surface area contributed by atoms with Crippen molar-refractivity contribution in [2.24, 2.45) is 0 Å². The normalized spacial score (nSPS) is 18.8.